The first kappa shape index (κ1) is 26.0. The summed E-state index contributed by atoms with van der Waals surface area (Å²) in [5, 5.41) is 1.03. The average molecular weight is 503 g/mol. The van der Waals surface area contributed by atoms with Gasteiger partial charge in [0.1, 0.15) is 0 Å². The molecule has 1 nitrogen and oxygen atoms in total. The second-order valence-electron chi connectivity index (χ2n) is 8.56. The highest BCUT2D eigenvalue weighted by Gasteiger charge is 2.22. The molecule has 0 aliphatic heterocycles. The summed E-state index contributed by atoms with van der Waals surface area (Å²) in [5.74, 6) is 0.235. The van der Waals surface area contributed by atoms with E-state index in [1.54, 1.807) is 37.3 Å². The standard InChI is InChI=1S/C32H26F4O/c1-3-5-8-21-11-13-22(14-12-21)15-16-23-17-18-26(25-10-7-6-9-24(23)25)29(33)30(34)27-19-20-28(37-4-2)32(36)31(27)35/h6-7,9-14,17-20H,3-5,8H2,1-2H3/b30-29+. The first-order valence-electron chi connectivity index (χ1n) is 12.2. The Labute approximate surface area is 214 Å². The largest absolute Gasteiger partial charge is 0.491 e. The second-order valence-corrected chi connectivity index (χ2v) is 8.56. The van der Waals surface area contributed by atoms with Crippen LogP contribution in [0, 0.1) is 23.5 Å². The van der Waals surface area contributed by atoms with Crippen LogP contribution in [0.3, 0.4) is 0 Å². The molecule has 4 aromatic carbocycles. The third kappa shape index (κ3) is 5.70. The number of fused-ring (bicyclic) bond motifs is 1. The summed E-state index contributed by atoms with van der Waals surface area (Å²) < 4.78 is 64.2. The van der Waals surface area contributed by atoms with Gasteiger partial charge in [-0.2, -0.15) is 4.39 Å². The van der Waals surface area contributed by atoms with Crippen LogP contribution in [0.1, 0.15) is 54.5 Å². The SMILES string of the molecule is CCCCc1ccc(C#Cc2ccc(/C(F)=C(\F)c3ccc(OCC)c(F)c3F)c3ccccc23)cc1. The second kappa shape index (κ2) is 11.8. The molecule has 0 heterocycles. The van der Waals surface area contributed by atoms with E-state index in [1.165, 1.54) is 11.6 Å². The van der Waals surface area contributed by atoms with Crippen molar-refractivity contribution in [1.29, 1.82) is 0 Å². The fraction of sp³-hybridized carbons (Fsp3) is 0.188. The van der Waals surface area contributed by atoms with Crippen molar-refractivity contribution in [3.8, 4) is 17.6 Å². The zero-order valence-electron chi connectivity index (χ0n) is 20.7. The Morgan fingerprint density at radius 1 is 0.730 bits per heavy atom. The Morgan fingerprint density at radius 2 is 1.41 bits per heavy atom. The van der Waals surface area contributed by atoms with Gasteiger partial charge in [0.15, 0.2) is 23.2 Å². The maximum Gasteiger partial charge on any atom is 0.201 e. The van der Waals surface area contributed by atoms with Crippen LogP contribution in [0.5, 0.6) is 5.75 Å². The smallest absolute Gasteiger partial charge is 0.201 e. The number of hydrogen-bond acceptors (Lipinski definition) is 1. The molecule has 0 bridgehead atoms. The van der Waals surface area contributed by atoms with Crippen LogP contribution in [-0.4, -0.2) is 6.61 Å². The van der Waals surface area contributed by atoms with Gasteiger partial charge in [-0.05, 0) is 66.4 Å². The summed E-state index contributed by atoms with van der Waals surface area (Å²) in [5.41, 5.74) is 1.86. The molecular formula is C32H26F4O. The molecule has 37 heavy (non-hydrogen) atoms. The van der Waals surface area contributed by atoms with Gasteiger partial charge in [0.25, 0.3) is 0 Å². The zero-order valence-corrected chi connectivity index (χ0v) is 20.7. The molecule has 0 amide bonds. The number of unbranched alkanes of at least 4 members (excludes halogenated alkanes) is 1. The number of rotatable bonds is 7. The Morgan fingerprint density at radius 3 is 2.11 bits per heavy atom. The molecule has 0 radical (unpaired) electrons. The van der Waals surface area contributed by atoms with Gasteiger partial charge < -0.3 is 4.74 Å². The minimum atomic E-state index is -1.51. The summed E-state index contributed by atoms with van der Waals surface area (Å²) in [6.07, 6.45) is 3.30. The molecule has 0 unspecified atom stereocenters. The van der Waals surface area contributed by atoms with E-state index >= 15 is 8.78 Å². The first-order valence-corrected chi connectivity index (χ1v) is 12.2. The lowest BCUT2D eigenvalue weighted by atomic mass is 9.97. The molecule has 0 spiro atoms. The lowest BCUT2D eigenvalue weighted by Crippen LogP contribution is -2.00. The van der Waals surface area contributed by atoms with Gasteiger partial charge in [0, 0.05) is 16.7 Å². The number of halogens is 4. The van der Waals surface area contributed by atoms with Crippen LogP contribution in [0.25, 0.3) is 22.4 Å². The van der Waals surface area contributed by atoms with Crippen molar-refractivity contribution >= 4 is 22.4 Å². The Bertz CT molecular complexity index is 1510. The number of hydrogen-bond donors (Lipinski definition) is 0. The third-order valence-corrected chi connectivity index (χ3v) is 6.05. The summed E-state index contributed by atoms with van der Waals surface area (Å²) in [6.45, 7) is 3.87. The molecular weight excluding hydrogens is 476 g/mol. The normalized spacial score (nSPS) is 11.6. The maximum absolute atomic E-state index is 15.4. The molecule has 0 fully saturated rings. The van der Waals surface area contributed by atoms with Crippen LogP contribution >= 0.6 is 0 Å². The lowest BCUT2D eigenvalue weighted by molar-refractivity contribution is 0.313. The van der Waals surface area contributed by atoms with Crippen molar-refractivity contribution in [1.82, 2.24) is 0 Å². The van der Waals surface area contributed by atoms with E-state index < -0.39 is 28.9 Å². The van der Waals surface area contributed by atoms with Crippen LogP contribution < -0.4 is 4.74 Å². The Kier molecular flexibility index (Phi) is 8.30. The van der Waals surface area contributed by atoms with Crippen LogP contribution in [0.2, 0.25) is 0 Å². The van der Waals surface area contributed by atoms with E-state index in [-0.39, 0.29) is 17.9 Å². The monoisotopic (exact) mass is 502 g/mol. The van der Waals surface area contributed by atoms with Gasteiger partial charge in [-0.15, -0.1) is 0 Å². The highest BCUT2D eigenvalue weighted by molar-refractivity contribution is 6.00. The number of benzene rings is 4. The fourth-order valence-corrected chi connectivity index (χ4v) is 4.08. The Balaban J connectivity index is 1.72. The van der Waals surface area contributed by atoms with Gasteiger partial charge in [-0.1, -0.05) is 67.6 Å². The van der Waals surface area contributed by atoms with Crippen molar-refractivity contribution < 1.29 is 22.3 Å². The average Bonchev–Trinajstić information content (AvgIpc) is 2.93. The van der Waals surface area contributed by atoms with Crippen LogP contribution in [0.4, 0.5) is 17.6 Å². The summed E-state index contributed by atoms with van der Waals surface area (Å²) in [6, 6.07) is 20.0. The van der Waals surface area contributed by atoms with Crippen LogP contribution in [-0.2, 0) is 6.42 Å². The van der Waals surface area contributed by atoms with Crippen molar-refractivity contribution in [2.45, 2.75) is 33.1 Å². The molecule has 4 rings (SSSR count). The molecule has 4 aromatic rings. The third-order valence-electron chi connectivity index (χ3n) is 6.05. The summed E-state index contributed by atoms with van der Waals surface area (Å²) in [4.78, 5) is 0. The molecule has 188 valence electrons. The van der Waals surface area contributed by atoms with Crippen molar-refractivity contribution in [2.24, 2.45) is 0 Å². The molecule has 0 atom stereocenters. The van der Waals surface area contributed by atoms with Crippen molar-refractivity contribution in [3.63, 3.8) is 0 Å². The van der Waals surface area contributed by atoms with Gasteiger partial charge in [0.05, 0.1) is 12.2 Å². The van der Waals surface area contributed by atoms with E-state index in [2.05, 4.69) is 30.9 Å². The number of aryl methyl sites for hydroxylation is 1. The predicted octanol–water partition coefficient (Wildman–Crippen LogP) is 9.02. The van der Waals surface area contributed by atoms with Crippen molar-refractivity contribution in [3.05, 3.63) is 112 Å². The lowest BCUT2D eigenvalue weighted by Gasteiger charge is -2.10. The molecule has 0 saturated carbocycles. The predicted molar refractivity (Wildman–Crippen MR) is 142 cm³/mol. The minimum Gasteiger partial charge on any atom is -0.491 e. The van der Waals surface area contributed by atoms with Gasteiger partial charge in [-0.3, -0.25) is 0 Å². The fourth-order valence-electron chi connectivity index (χ4n) is 4.08. The number of ether oxygens (including phenoxy) is 1. The van der Waals surface area contributed by atoms with Gasteiger partial charge in [-0.25, -0.2) is 13.2 Å². The molecule has 0 aromatic heterocycles. The molecule has 0 aliphatic carbocycles. The van der Waals surface area contributed by atoms with Gasteiger partial charge in [0.2, 0.25) is 5.82 Å². The highest BCUT2D eigenvalue weighted by atomic mass is 19.2. The summed E-state index contributed by atoms with van der Waals surface area (Å²) >= 11 is 0. The molecule has 0 aliphatic rings. The first-order chi connectivity index (χ1) is 17.9. The topological polar surface area (TPSA) is 9.23 Å². The zero-order chi connectivity index (χ0) is 26.4. The van der Waals surface area contributed by atoms with E-state index in [9.17, 15) is 8.78 Å². The minimum absolute atomic E-state index is 0.0763. The maximum atomic E-state index is 15.4. The van der Waals surface area contributed by atoms with Gasteiger partial charge >= 0.3 is 0 Å². The molecule has 5 heteroatoms. The van der Waals surface area contributed by atoms with E-state index in [0.29, 0.717) is 16.3 Å². The Hall–Kier alpha value is -4.04. The van der Waals surface area contributed by atoms with Crippen molar-refractivity contribution in [2.75, 3.05) is 6.61 Å². The quantitative estimate of drug-likeness (QED) is 0.139. The summed E-state index contributed by atoms with van der Waals surface area (Å²) in [7, 11) is 0. The van der Waals surface area contributed by atoms with E-state index in [1.807, 2.05) is 12.1 Å². The highest BCUT2D eigenvalue weighted by Crippen LogP contribution is 2.36. The molecule has 0 saturated heterocycles. The van der Waals surface area contributed by atoms with Crippen LogP contribution in [0.15, 0.2) is 72.8 Å². The molecule has 0 N–H and O–H groups in total. The van der Waals surface area contributed by atoms with E-state index in [0.717, 1.165) is 37.0 Å². The van der Waals surface area contributed by atoms with E-state index in [4.69, 9.17) is 4.74 Å².